The fourth-order valence-corrected chi connectivity index (χ4v) is 3.33. The van der Waals surface area contributed by atoms with Crippen LogP contribution in [0.1, 0.15) is 41.3 Å². The summed E-state index contributed by atoms with van der Waals surface area (Å²) in [6, 6.07) is 9.20. The monoisotopic (exact) mass is 285 g/mol. The van der Waals surface area contributed by atoms with Crippen LogP contribution < -0.4 is 10.1 Å². The van der Waals surface area contributed by atoms with E-state index in [1.807, 2.05) is 14.0 Å². The van der Waals surface area contributed by atoms with E-state index in [2.05, 4.69) is 34.7 Å². The molecule has 0 bridgehead atoms. The number of hydrogen-bond donors (Lipinski definition) is 1. The van der Waals surface area contributed by atoms with Gasteiger partial charge in [-0.25, -0.2) is 4.68 Å². The molecule has 0 fully saturated rings. The van der Waals surface area contributed by atoms with E-state index in [4.69, 9.17) is 4.74 Å². The molecule has 21 heavy (non-hydrogen) atoms. The maximum absolute atomic E-state index is 5.47. The number of benzene rings is 1. The van der Waals surface area contributed by atoms with Gasteiger partial charge >= 0.3 is 0 Å². The zero-order chi connectivity index (χ0) is 14.8. The summed E-state index contributed by atoms with van der Waals surface area (Å²) >= 11 is 0. The van der Waals surface area contributed by atoms with Crippen LogP contribution in [-0.4, -0.2) is 16.9 Å². The minimum Gasteiger partial charge on any atom is -0.481 e. The maximum atomic E-state index is 5.47. The zero-order valence-electron chi connectivity index (χ0n) is 13.0. The van der Waals surface area contributed by atoms with Gasteiger partial charge in [-0.1, -0.05) is 24.3 Å². The lowest BCUT2D eigenvalue weighted by atomic mass is 9.87. The van der Waals surface area contributed by atoms with E-state index in [1.54, 1.807) is 11.8 Å². The molecule has 0 saturated heterocycles. The first-order valence-electron chi connectivity index (χ1n) is 7.58. The third-order valence-corrected chi connectivity index (χ3v) is 4.38. The van der Waals surface area contributed by atoms with Crippen LogP contribution >= 0.6 is 0 Å². The number of fused-ring (bicyclic) bond motifs is 1. The van der Waals surface area contributed by atoms with E-state index in [-0.39, 0.29) is 0 Å². The second kappa shape index (κ2) is 5.90. The van der Waals surface area contributed by atoms with Crippen LogP contribution in [0.15, 0.2) is 24.3 Å². The second-order valence-corrected chi connectivity index (χ2v) is 5.72. The first-order chi connectivity index (χ1) is 10.2. The SMILES string of the molecule is COc1c(CN[C@@H]2CCCc3ccccc32)c(C)nn1C. The highest BCUT2D eigenvalue weighted by Gasteiger charge is 2.21. The lowest BCUT2D eigenvalue weighted by Crippen LogP contribution is -2.25. The molecule has 2 aromatic rings. The largest absolute Gasteiger partial charge is 0.481 e. The van der Waals surface area contributed by atoms with Crippen molar-refractivity contribution < 1.29 is 4.74 Å². The number of nitrogens with one attached hydrogen (secondary N) is 1. The predicted octanol–water partition coefficient (Wildman–Crippen LogP) is 2.90. The first kappa shape index (κ1) is 14.1. The van der Waals surface area contributed by atoms with Crippen LogP contribution in [0.5, 0.6) is 5.88 Å². The Hall–Kier alpha value is -1.81. The molecule has 0 amide bonds. The van der Waals surface area contributed by atoms with Gasteiger partial charge in [0.05, 0.1) is 18.4 Å². The molecule has 0 aliphatic heterocycles. The number of aromatic nitrogens is 2. The Morgan fingerprint density at radius 3 is 3.00 bits per heavy atom. The summed E-state index contributed by atoms with van der Waals surface area (Å²) in [5.41, 5.74) is 5.12. The summed E-state index contributed by atoms with van der Waals surface area (Å²) in [6.07, 6.45) is 3.64. The van der Waals surface area contributed by atoms with Crippen LogP contribution in [0.25, 0.3) is 0 Å². The van der Waals surface area contributed by atoms with Gasteiger partial charge in [0.25, 0.3) is 0 Å². The quantitative estimate of drug-likeness (QED) is 0.939. The van der Waals surface area contributed by atoms with Gasteiger partial charge < -0.3 is 10.1 Å². The highest BCUT2D eigenvalue weighted by Crippen LogP contribution is 2.30. The zero-order valence-corrected chi connectivity index (χ0v) is 13.0. The summed E-state index contributed by atoms with van der Waals surface area (Å²) in [5.74, 6) is 0.851. The molecule has 0 saturated carbocycles. The van der Waals surface area contributed by atoms with Crippen molar-refractivity contribution in [2.24, 2.45) is 7.05 Å². The molecule has 0 spiro atoms. The topological polar surface area (TPSA) is 39.1 Å². The maximum Gasteiger partial charge on any atom is 0.216 e. The van der Waals surface area contributed by atoms with Gasteiger partial charge in [0, 0.05) is 19.6 Å². The highest BCUT2D eigenvalue weighted by atomic mass is 16.5. The summed E-state index contributed by atoms with van der Waals surface area (Å²) in [5, 5.41) is 8.13. The first-order valence-corrected chi connectivity index (χ1v) is 7.58. The van der Waals surface area contributed by atoms with E-state index in [9.17, 15) is 0 Å². The molecular weight excluding hydrogens is 262 g/mol. The van der Waals surface area contributed by atoms with Gasteiger partial charge in [-0.3, -0.25) is 0 Å². The molecule has 4 nitrogen and oxygen atoms in total. The van der Waals surface area contributed by atoms with Gasteiger partial charge in [0.1, 0.15) is 0 Å². The van der Waals surface area contributed by atoms with Crippen LogP contribution in [0, 0.1) is 6.92 Å². The van der Waals surface area contributed by atoms with Crippen molar-refractivity contribution >= 4 is 0 Å². The van der Waals surface area contributed by atoms with Crippen LogP contribution in [0.4, 0.5) is 0 Å². The van der Waals surface area contributed by atoms with Crippen molar-refractivity contribution in [2.45, 2.75) is 38.8 Å². The minimum atomic E-state index is 0.430. The van der Waals surface area contributed by atoms with Crippen molar-refractivity contribution in [3.05, 3.63) is 46.6 Å². The average Bonchev–Trinajstić information content (AvgIpc) is 2.78. The third-order valence-electron chi connectivity index (χ3n) is 4.38. The molecular formula is C17H23N3O. The molecule has 1 atom stereocenters. The number of ether oxygens (including phenoxy) is 1. The molecule has 1 aromatic carbocycles. The fraction of sp³-hybridized carbons (Fsp3) is 0.471. The number of nitrogens with zero attached hydrogens (tertiary/aromatic N) is 2. The Kier molecular flexibility index (Phi) is 3.97. The molecule has 0 radical (unpaired) electrons. The average molecular weight is 285 g/mol. The molecule has 3 rings (SSSR count). The number of rotatable bonds is 4. The van der Waals surface area contributed by atoms with Crippen molar-refractivity contribution in [2.75, 3.05) is 7.11 Å². The Bertz CT molecular complexity index is 633. The standard InChI is InChI=1S/C17H23N3O/c1-12-15(17(21-3)20(2)19-12)11-18-16-10-6-8-13-7-4-5-9-14(13)16/h4-5,7,9,16,18H,6,8,10-11H2,1-3H3/t16-/m1/s1. The van der Waals surface area contributed by atoms with Gasteiger partial charge in [-0.05, 0) is 37.3 Å². The van der Waals surface area contributed by atoms with E-state index < -0.39 is 0 Å². The van der Waals surface area contributed by atoms with Crippen molar-refractivity contribution in [1.82, 2.24) is 15.1 Å². The molecule has 1 aliphatic rings. The van der Waals surface area contributed by atoms with Gasteiger partial charge in [0.15, 0.2) is 0 Å². The predicted molar refractivity (Wildman–Crippen MR) is 83.5 cm³/mol. The molecule has 4 heteroatoms. The highest BCUT2D eigenvalue weighted by molar-refractivity contribution is 5.34. The number of hydrogen-bond acceptors (Lipinski definition) is 3. The lowest BCUT2D eigenvalue weighted by Gasteiger charge is -2.26. The van der Waals surface area contributed by atoms with Crippen molar-refractivity contribution in [3.63, 3.8) is 0 Å². The Morgan fingerprint density at radius 1 is 1.38 bits per heavy atom. The molecule has 1 aromatic heterocycles. The van der Waals surface area contributed by atoms with Crippen molar-refractivity contribution in [3.8, 4) is 5.88 Å². The molecule has 0 unspecified atom stereocenters. The van der Waals surface area contributed by atoms with Crippen molar-refractivity contribution in [1.29, 1.82) is 0 Å². The Labute approximate surface area is 126 Å². The van der Waals surface area contributed by atoms with Gasteiger partial charge in [0.2, 0.25) is 5.88 Å². The lowest BCUT2D eigenvalue weighted by molar-refractivity contribution is 0.365. The summed E-state index contributed by atoms with van der Waals surface area (Å²) < 4.78 is 7.27. The molecule has 112 valence electrons. The Morgan fingerprint density at radius 2 is 2.19 bits per heavy atom. The molecule has 1 N–H and O–H groups in total. The van der Waals surface area contributed by atoms with Gasteiger partial charge in [-0.15, -0.1) is 0 Å². The molecule has 1 aliphatic carbocycles. The normalized spacial score (nSPS) is 17.6. The van der Waals surface area contributed by atoms with Crippen LogP contribution in [0.2, 0.25) is 0 Å². The van der Waals surface area contributed by atoms with E-state index in [1.165, 1.54) is 30.4 Å². The third kappa shape index (κ3) is 2.68. The summed E-state index contributed by atoms with van der Waals surface area (Å²) in [7, 11) is 3.63. The molecule has 1 heterocycles. The smallest absolute Gasteiger partial charge is 0.216 e. The second-order valence-electron chi connectivity index (χ2n) is 5.72. The van der Waals surface area contributed by atoms with E-state index >= 15 is 0 Å². The fourth-order valence-electron chi connectivity index (χ4n) is 3.33. The summed E-state index contributed by atoms with van der Waals surface area (Å²) in [6.45, 7) is 2.83. The number of aryl methyl sites for hydroxylation is 3. The van der Waals surface area contributed by atoms with E-state index in [0.717, 1.165) is 23.7 Å². The van der Waals surface area contributed by atoms with E-state index in [0.29, 0.717) is 6.04 Å². The summed E-state index contributed by atoms with van der Waals surface area (Å²) in [4.78, 5) is 0. The van der Waals surface area contributed by atoms with Gasteiger partial charge in [-0.2, -0.15) is 5.10 Å². The minimum absolute atomic E-state index is 0.430. The van der Waals surface area contributed by atoms with Crippen LogP contribution in [-0.2, 0) is 20.0 Å². The number of methoxy groups -OCH3 is 1. The Balaban J connectivity index is 1.78. The van der Waals surface area contributed by atoms with Crippen LogP contribution in [0.3, 0.4) is 0 Å².